The van der Waals surface area contributed by atoms with Gasteiger partial charge in [-0.1, -0.05) is 12.1 Å². The number of aryl methyl sites for hydroxylation is 1. The predicted molar refractivity (Wildman–Crippen MR) is 110 cm³/mol. The number of carbonyl (C=O) groups is 1. The van der Waals surface area contributed by atoms with Crippen molar-refractivity contribution in [3.8, 4) is 0 Å². The number of amides is 1. The number of hydrazone groups is 1. The first-order chi connectivity index (χ1) is 13.5. The molecule has 1 aromatic heterocycles. The number of amidine groups is 1. The summed E-state index contributed by atoms with van der Waals surface area (Å²) in [6.07, 6.45) is 1.60. The van der Waals surface area contributed by atoms with E-state index in [0.29, 0.717) is 11.3 Å². The van der Waals surface area contributed by atoms with Gasteiger partial charge in [0.2, 0.25) is 5.91 Å². The number of rotatable bonds is 5. The lowest BCUT2D eigenvalue weighted by Crippen LogP contribution is -2.42. The van der Waals surface area contributed by atoms with Gasteiger partial charge in [-0.05, 0) is 52.0 Å². The summed E-state index contributed by atoms with van der Waals surface area (Å²) in [4.78, 5) is 12.4. The van der Waals surface area contributed by atoms with Crippen LogP contribution in [0.5, 0.6) is 0 Å². The first kappa shape index (κ1) is 20.8. The van der Waals surface area contributed by atoms with Gasteiger partial charge in [0.05, 0.1) is 12.8 Å². The van der Waals surface area contributed by atoms with Gasteiger partial charge in [0.25, 0.3) is 10.0 Å². The molecule has 2 heterocycles. The summed E-state index contributed by atoms with van der Waals surface area (Å²) >= 11 is 0. The molecule has 0 fully saturated rings. The molecular formula is C20H24N4O4S. The van der Waals surface area contributed by atoms with E-state index in [1.807, 2.05) is 27.7 Å². The van der Waals surface area contributed by atoms with Gasteiger partial charge in [-0.25, -0.2) is 5.01 Å². The van der Waals surface area contributed by atoms with E-state index in [0.717, 1.165) is 5.76 Å². The lowest BCUT2D eigenvalue weighted by Gasteiger charge is -2.22. The van der Waals surface area contributed by atoms with Crippen LogP contribution in [0.4, 0.5) is 0 Å². The average molecular weight is 417 g/mol. The zero-order valence-corrected chi connectivity index (χ0v) is 17.7. The van der Waals surface area contributed by atoms with Crippen molar-refractivity contribution >= 4 is 28.0 Å². The van der Waals surface area contributed by atoms with Gasteiger partial charge >= 0.3 is 0 Å². The van der Waals surface area contributed by atoms with Gasteiger partial charge in [-0.2, -0.15) is 13.5 Å². The summed E-state index contributed by atoms with van der Waals surface area (Å²) in [5.74, 6) is 1.26. The quantitative estimate of drug-likeness (QED) is 0.596. The highest BCUT2D eigenvalue weighted by Crippen LogP contribution is 2.27. The normalized spacial score (nSPS) is 15.2. The van der Waals surface area contributed by atoms with Crippen LogP contribution in [0.2, 0.25) is 0 Å². The van der Waals surface area contributed by atoms with Gasteiger partial charge in [0.1, 0.15) is 16.4 Å². The van der Waals surface area contributed by atoms with Crippen LogP contribution in [0, 0.1) is 6.92 Å². The predicted octanol–water partition coefficient (Wildman–Crippen LogP) is 2.68. The lowest BCUT2D eigenvalue weighted by molar-refractivity contribution is -0.122. The number of carbonyl (C=O) groups excluding carboxylic acids is 1. The molecular weight excluding hydrogens is 392 g/mol. The highest BCUT2D eigenvalue weighted by molar-refractivity contribution is 7.90. The van der Waals surface area contributed by atoms with Crippen molar-refractivity contribution in [3.63, 3.8) is 0 Å². The number of benzene rings is 1. The van der Waals surface area contributed by atoms with E-state index in [1.54, 1.807) is 30.3 Å². The van der Waals surface area contributed by atoms with Crippen LogP contribution in [0.1, 0.15) is 44.3 Å². The van der Waals surface area contributed by atoms with E-state index < -0.39 is 10.0 Å². The lowest BCUT2D eigenvalue weighted by atomic mass is 10.1. The Balaban J connectivity index is 1.89. The second-order valence-electron chi connectivity index (χ2n) is 7.75. The summed E-state index contributed by atoms with van der Waals surface area (Å²) in [5.41, 5.74) is 0.0917. The minimum atomic E-state index is -3.80. The number of fused-ring (bicyclic) bond motifs is 1. The minimum absolute atomic E-state index is 0.118. The third-order valence-corrected chi connectivity index (χ3v) is 5.33. The van der Waals surface area contributed by atoms with Gasteiger partial charge in [0.15, 0.2) is 5.84 Å². The van der Waals surface area contributed by atoms with E-state index in [2.05, 4.69) is 14.8 Å². The van der Waals surface area contributed by atoms with Crippen LogP contribution in [0.15, 0.2) is 55.2 Å². The Morgan fingerprint density at radius 2 is 1.97 bits per heavy atom. The number of furan rings is 1. The van der Waals surface area contributed by atoms with Crippen molar-refractivity contribution in [2.45, 2.75) is 44.6 Å². The third kappa shape index (κ3) is 5.11. The average Bonchev–Trinajstić information content (AvgIpc) is 3.15. The topological polar surface area (TPSA) is 104 Å². The smallest absolute Gasteiger partial charge is 0.285 e. The number of nitrogens with zero attached hydrogens (tertiary/aromatic N) is 3. The minimum Gasteiger partial charge on any atom is -0.460 e. The summed E-state index contributed by atoms with van der Waals surface area (Å²) in [6.45, 7) is 7.65. The first-order valence-corrected chi connectivity index (χ1v) is 10.6. The summed E-state index contributed by atoms with van der Waals surface area (Å²) in [7, 11) is -3.80. The molecule has 1 amide bonds. The molecule has 8 nitrogen and oxygen atoms in total. The van der Waals surface area contributed by atoms with Crippen LogP contribution in [-0.2, 0) is 14.8 Å². The van der Waals surface area contributed by atoms with Crippen molar-refractivity contribution in [1.82, 2.24) is 10.3 Å². The maximum Gasteiger partial charge on any atom is 0.285 e. The maximum atomic E-state index is 12.4. The first-order valence-electron chi connectivity index (χ1n) is 9.18. The van der Waals surface area contributed by atoms with Crippen molar-refractivity contribution in [3.05, 3.63) is 53.5 Å². The van der Waals surface area contributed by atoms with Crippen molar-refractivity contribution in [1.29, 1.82) is 0 Å². The van der Waals surface area contributed by atoms with Gasteiger partial charge in [0, 0.05) is 17.5 Å². The van der Waals surface area contributed by atoms with Crippen LogP contribution >= 0.6 is 0 Å². The maximum absolute atomic E-state index is 12.4. The van der Waals surface area contributed by atoms with E-state index in [-0.39, 0.29) is 35.1 Å². The number of hydrogen-bond acceptors (Lipinski definition) is 6. The highest BCUT2D eigenvalue weighted by Gasteiger charge is 2.32. The molecule has 3 rings (SSSR count). The molecule has 0 spiro atoms. The molecule has 9 heteroatoms. The Labute approximate surface area is 170 Å². The molecule has 1 N–H and O–H groups in total. The zero-order chi connectivity index (χ0) is 21.2. The fourth-order valence-electron chi connectivity index (χ4n) is 2.83. The SMILES string of the molecule is Cc1ccc(/C=N\N(CCC(=O)NC(C)(C)C)C2=NS(=O)(=O)c3ccccc32)o1. The number of nitrogens with one attached hydrogen (secondary N) is 1. The largest absolute Gasteiger partial charge is 0.460 e. The van der Waals surface area contributed by atoms with Crippen molar-refractivity contribution in [2.24, 2.45) is 9.50 Å². The molecule has 0 bridgehead atoms. The number of hydrogen-bond donors (Lipinski definition) is 1. The Morgan fingerprint density at radius 3 is 2.62 bits per heavy atom. The van der Waals surface area contributed by atoms with E-state index in [4.69, 9.17) is 4.42 Å². The molecule has 0 radical (unpaired) electrons. The molecule has 1 aromatic carbocycles. The highest BCUT2D eigenvalue weighted by atomic mass is 32.2. The van der Waals surface area contributed by atoms with Crippen LogP contribution < -0.4 is 5.32 Å². The Kier molecular flexibility index (Phi) is 5.61. The van der Waals surface area contributed by atoms with Gasteiger partial charge < -0.3 is 9.73 Å². The van der Waals surface area contributed by atoms with Gasteiger partial charge in [-0.15, -0.1) is 4.40 Å². The van der Waals surface area contributed by atoms with E-state index in [1.165, 1.54) is 17.3 Å². The van der Waals surface area contributed by atoms with Crippen molar-refractivity contribution < 1.29 is 17.6 Å². The Morgan fingerprint density at radius 1 is 1.24 bits per heavy atom. The molecule has 1 aliphatic rings. The summed E-state index contributed by atoms with van der Waals surface area (Å²) < 4.78 is 34.2. The molecule has 1 aliphatic heterocycles. The Bertz CT molecular complexity index is 1080. The van der Waals surface area contributed by atoms with E-state index >= 15 is 0 Å². The van der Waals surface area contributed by atoms with Crippen LogP contribution in [0.25, 0.3) is 0 Å². The molecule has 0 aliphatic carbocycles. The third-order valence-electron chi connectivity index (χ3n) is 4.01. The molecule has 0 atom stereocenters. The molecule has 0 saturated carbocycles. The molecule has 2 aromatic rings. The van der Waals surface area contributed by atoms with Crippen molar-refractivity contribution in [2.75, 3.05) is 6.54 Å². The van der Waals surface area contributed by atoms with Crippen LogP contribution in [-0.4, -0.2) is 43.5 Å². The molecule has 29 heavy (non-hydrogen) atoms. The Hall–Kier alpha value is -2.94. The molecule has 0 unspecified atom stereocenters. The molecule has 154 valence electrons. The van der Waals surface area contributed by atoms with E-state index in [9.17, 15) is 13.2 Å². The van der Waals surface area contributed by atoms with Crippen LogP contribution in [0.3, 0.4) is 0 Å². The zero-order valence-electron chi connectivity index (χ0n) is 16.8. The fourth-order valence-corrected chi connectivity index (χ4v) is 4.04. The fraction of sp³-hybridized carbons (Fsp3) is 0.350. The standard InChI is InChI=1S/C20H24N4O4S/c1-14-9-10-15(28-14)13-21-24(12-11-18(25)22-20(2,3)4)19-16-7-5-6-8-17(16)29(26,27)23-19/h5-10,13H,11-12H2,1-4H3,(H,22,25)/b21-13-. The summed E-state index contributed by atoms with van der Waals surface area (Å²) in [5, 5.41) is 8.67. The monoisotopic (exact) mass is 416 g/mol. The second-order valence-corrected chi connectivity index (χ2v) is 9.32. The summed E-state index contributed by atoms with van der Waals surface area (Å²) in [6, 6.07) is 10.1. The molecule has 0 saturated heterocycles. The number of sulfonamides is 1. The second kappa shape index (κ2) is 7.82. The van der Waals surface area contributed by atoms with Gasteiger partial charge in [-0.3, -0.25) is 4.79 Å².